The molecule has 2 saturated carbocycles. The van der Waals surface area contributed by atoms with Gasteiger partial charge in [-0.2, -0.15) is 12.6 Å². The highest BCUT2D eigenvalue weighted by Gasteiger charge is 2.29. The zero-order valence-electron chi connectivity index (χ0n) is 20.6. The molecule has 2 aliphatic rings. The minimum absolute atomic E-state index is 0.194. The zero-order valence-corrected chi connectivity index (χ0v) is 21.5. The van der Waals surface area contributed by atoms with E-state index in [0.29, 0.717) is 6.04 Å². The highest BCUT2D eigenvalue weighted by Crippen LogP contribution is 2.35. The Morgan fingerprint density at radius 3 is 1.71 bits per heavy atom. The third kappa shape index (κ3) is 19.0. The van der Waals surface area contributed by atoms with Crippen molar-refractivity contribution in [2.45, 2.75) is 118 Å². The van der Waals surface area contributed by atoms with Crippen molar-refractivity contribution in [1.82, 2.24) is 0 Å². The van der Waals surface area contributed by atoms with Gasteiger partial charge in [0.15, 0.2) is 0 Å². The average Bonchev–Trinajstić information content (AvgIpc) is 2.58. The molecular weight excluding hydrogens is 360 g/mol. The number of rotatable bonds is 2. The second kappa shape index (κ2) is 16.5. The van der Waals surface area contributed by atoms with Crippen molar-refractivity contribution in [2.75, 3.05) is 0 Å². The van der Waals surface area contributed by atoms with E-state index >= 15 is 0 Å². The molecular formula is C25H52N2S. The van der Waals surface area contributed by atoms with Crippen LogP contribution in [0.4, 0.5) is 0 Å². The predicted octanol–water partition coefficient (Wildman–Crippen LogP) is 8.35. The van der Waals surface area contributed by atoms with Gasteiger partial charge in [-0.25, -0.2) is 0 Å². The van der Waals surface area contributed by atoms with Crippen LogP contribution in [0.15, 0.2) is 4.99 Å². The summed E-state index contributed by atoms with van der Waals surface area (Å²) in [5, 5.41) is 5.50. The van der Waals surface area contributed by atoms with Crippen molar-refractivity contribution in [3.05, 3.63) is 0 Å². The van der Waals surface area contributed by atoms with Crippen LogP contribution in [0.1, 0.15) is 107 Å². The monoisotopic (exact) mass is 412 g/mol. The first kappa shape index (κ1) is 29.9. The molecule has 3 heteroatoms. The van der Waals surface area contributed by atoms with Gasteiger partial charge in [0.2, 0.25) is 0 Å². The van der Waals surface area contributed by atoms with Gasteiger partial charge in [-0.3, -0.25) is 4.99 Å². The van der Waals surface area contributed by atoms with Crippen molar-refractivity contribution in [1.29, 1.82) is 5.41 Å². The van der Waals surface area contributed by atoms with Crippen LogP contribution in [-0.2, 0) is 0 Å². The van der Waals surface area contributed by atoms with Crippen LogP contribution in [-0.4, -0.2) is 23.7 Å². The maximum absolute atomic E-state index is 5.50. The first-order valence-corrected chi connectivity index (χ1v) is 12.0. The lowest BCUT2D eigenvalue weighted by Gasteiger charge is -2.35. The molecule has 0 heterocycles. The van der Waals surface area contributed by atoms with Crippen molar-refractivity contribution in [3.63, 3.8) is 0 Å². The Balaban J connectivity index is 0. The summed E-state index contributed by atoms with van der Waals surface area (Å²) in [6.45, 7) is 22.4. The van der Waals surface area contributed by atoms with Crippen LogP contribution in [0.2, 0.25) is 0 Å². The van der Waals surface area contributed by atoms with Crippen LogP contribution < -0.4 is 0 Å². The fourth-order valence-electron chi connectivity index (χ4n) is 3.54. The molecule has 168 valence electrons. The Labute approximate surface area is 183 Å². The SMILES string of the molecule is C=N.CC(C)(C)S.CC(C)C.CC1CC(C)C(N=CC2CCCCC2)CC1C. The number of nitrogens with zero attached hydrogens (tertiary/aromatic N) is 1. The van der Waals surface area contributed by atoms with Gasteiger partial charge in [0.1, 0.15) is 0 Å². The number of nitrogens with one attached hydrogen (secondary N) is 1. The summed E-state index contributed by atoms with van der Waals surface area (Å²) in [4.78, 5) is 4.95. The highest BCUT2D eigenvalue weighted by atomic mass is 32.1. The van der Waals surface area contributed by atoms with Gasteiger partial charge in [-0.05, 0) is 62.0 Å². The second-order valence-corrected chi connectivity index (χ2v) is 11.9. The van der Waals surface area contributed by atoms with Gasteiger partial charge >= 0.3 is 0 Å². The standard InChI is InChI=1S/C16H29N.C4H10S.C4H10.CH3N/c1-12-9-14(3)16(10-13(12)2)17-11-15-7-5-4-6-8-15;1-4(2,3)5;1-4(2)3;1-2/h11-16H,4-10H2,1-3H3;5H,1-3H3;4H,1-3H3;2H,1H2. The molecule has 2 rings (SSSR count). The van der Waals surface area contributed by atoms with Crippen molar-refractivity contribution in [2.24, 2.45) is 34.6 Å². The molecule has 2 fully saturated rings. The minimum atomic E-state index is 0.194. The Kier molecular flexibility index (Phi) is 17.6. The topological polar surface area (TPSA) is 36.2 Å². The lowest BCUT2D eigenvalue weighted by molar-refractivity contribution is 0.193. The lowest BCUT2D eigenvalue weighted by atomic mass is 9.74. The molecule has 2 aliphatic carbocycles. The Morgan fingerprint density at radius 2 is 1.29 bits per heavy atom. The van der Waals surface area contributed by atoms with Crippen LogP contribution in [0.3, 0.4) is 0 Å². The van der Waals surface area contributed by atoms with Crippen molar-refractivity contribution < 1.29 is 0 Å². The molecule has 0 spiro atoms. The molecule has 0 radical (unpaired) electrons. The highest BCUT2D eigenvalue weighted by molar-refractivity contribution is 7.81. The fraction of sp³-hybridized carbons (Fsp3) is 0.920. The minimum Gasteiger partial charge on any atom is -0.317 e. The molecule has 0 aromatic rings. The van der Waals surface area contributed by atoms with Crippen LogP contribution in [0, 0.1) is 35.0 Å². The van der Waals surface area contributed by atoms with Crippen LogP contribution in [0.25, 0.3) is 0 Å². The first-order chi connectivity index (χ1) is 12.9. The second-order valence-electron chi connectivity index (χ2n) is 10.6. The summed E-state index contributed by atoms with van der Waals surface area (Å²) < 4.78 is 0.194. The summed E-state index contributed by atoms with van der Waals surface area (Å²) in [6.07, 6.45) is 12.1. The largest absolute Gasteiger partial charge is 0.317 e. The van der Waals surface area contributed by atoms with E-state index in [9.17, 15) is 0 Å². The lowest BCUT2D eigenvalue weighted by Crippen LogP contribution is -2.30. The summed E-state index contributed by atoms with van der Waals surface area (Å²) in [7, 11) is 0. The Bertz CT molecular complexity index is 372. The molecule has 4 atom stereocenters. The average molecular weight is 413 g/mol. The van der Waals surface area contributed by atoms with E-state index in [2.05, 4.69) is 87.9 Å². The van der Waals surface area contributed by atoms with E-state index in [0.717, 1.165) is 29.6 Å². The number of hydrogen-bond donors (Lipinski definition) is 2. The van der Waals surface area contributed by atoms with E-state index in [4.69, 9.17) is 10.4 Å². The number of hydrogen-bond acceptors (Lipinski definition) is 3. The quantitative estimate of drug-likeness (QED) is 0.337. The molecule has 0 saturated heterocycles. The fourth-order valence-corrected chi connectivity index (χ4v) is 3.54. The molecule has 0 bridgehead atoms. The van der Waals surface area contributed by atoms with Crippen LogP contribution >= 0.6 is 12.6 Å². The van der Waals surface area contributed by atoms with Gasteiger partial charge in [0.05, 0.1) is 6.04 Å². The summed E-state index contributed by atoms with van der Waals surface area (Å²) >= 11 is 4.12. The third-order valence-corrected chi connectivity index (χ3v) is 5.12. The van der Waals surface area contributed by atoms with Crippen molar-refractivity contribution >= 4 is 25.6 Å². The van der Waals surface area contributed by atoms with Gasteiger partial charge in [-0.15, -0.1) is 0 Å². The van der Waals surface area contributed by atoms with Gasteiger partial charge < -0.3 is 5.41 Å². The van der Waals surface area contributed by atoms with E-state index in [1.54, 1.807) is 0 Å². The van der Waals surface area contributed by atoms with Gasteiger partial charge in [0.25, 0.3) is 0 Å². The first-order valence-electron chi connectivity index (χ1n) is 11.5. The van der Waals surface area contributed by atoms with E-state index in [1.807, 2.05) is 0 Å². The zero-order chi connectivity index (χ0) is 22.3. The van der Waals surface area contributed by atoms with Crippen molar-refractivity contribution in [3.8, 4) is 0 Å². The van der Waals surface area contributed by atoms with Gasteiger partial charge in [0, 0.05) is 11.0 Å². The number of aliphatic imine (C=N–C) groups is 1. The molecule has 4 unspecified atom stereocenters. The molecule has 0 aliphatic heterocycles. The Morgan fingerprint density at radius 1 is 0.893 bits per heavy atom. The summed E-state index contributed by atoms with van der Waals surface area (Å²) in [5.41, 5.74) is 0. The molecule has 28 heavy (non-hydrogen) atoms. The Hall–Kier alpha value is -0.310. The normalized spacial score (nSPS) is 28.4. The van der Waals surface area contributed by atoms with E-state index in [1.165, 1.54) is 44.9 Å². The summed E-state index contributed by atoms with van der Waals surface area (Å²) in [6, 6.07) is 0.614. The van der Waals surface area contributed by atoms with E-state index < -0.39 is 0 Å². The third-order valence-electron chi connectivity index (χ3n) is 5.12. The maximum Gasteiger partial charge on any atom is 0.0524 e. The molecule has 2 nitrogen and oxygen atoms in total. The molecule has 0 aromatic carbocycles. The van der Waals surface area contributed by atoms with E-state index in [-0.39, 0.29) is 4.75 Å². The smallest absolute Gasteiger partial charge is 0.0524 e. The predicted molar refractivity (Wildman–Crippen MR) is 135 cm³/mol. The maximum atomic E-state index is 5.50. The molecule has 0 aromatic heterocycles. The summed E-state index contributed by atoms with van der Waals surface area (Å²) in [5.74, 6) is 4.18. The number of thiol groups is 1. The van der Waals surface area contributed by atoms with Gasteiger partial charge in [-0.1, -0.05) is 81.6 Å². The molecule has 1 N–H and O–H groups in total. The molecule has 0 amide bonds. The van der Waals surface area contributed by atoms with Crippen LogP contribution in [0.5, 0.6) is 0 Å².